The zero-order chi connectivity index (χ0) is 12.8. The van der Waals surface area contributed by atoms with E-state index in [0.29, 0.717) is 5.82 Å². The van der Waals surface area contributed by atoms with Crippen molar-refractivity contribution >= 4 is 11.8 Å². The Morgan fingerprint density at radius 2 is 2.00 bits per heavy atom. The van der Waals surface area contributed by atoms with Crippen molar-refractivity contribution in [2.45, 2.75) is 33.6 Å². The molecule has 0 saturated carbocycles. The maximum Gasteiger partial charge on any atom is 0.323 e. The van der Waals surface area contributed by atoms with E-state index in [1.54, 1.807) is 4.68 Å². The second kappa shape index (κ2) is 6.27. The van der Waals surface area contributed by atoms with Crippen LogP contribution in [0, 0.1) is 6.92 Å². The highest BCUT2D eigenvalue weighted by Gasteiger charge is 2.13. The number of nitrogens with one attached hydrogen (secondary N) is 1. The number of amides is 2. The van der Waals surface area contributed by atoms with Gasteiger partial charge in [0.05, 0.1) is 0 Å². The molecule has 0 aliphatic rings. The minimum Gasteiger partial charge on any atom is -0.325 e. The van der Waals surface area contributed by atoms with E-state index in [0.717, 1.165) is 31.6 Å². The molecule has 5 nitrogen and oxygen atoms in total. The molecule has 2 amide bonds. The SMILES string of the molecule is CCCN(CCC)C(=O)Nc1cc(C)n(C)n1. The molecule has 96 valence electrons. The quantitative estimate of drug-likeness (QED) is 0.856. The fourth-order valence-electron chi connectivity index (χ4n) is 1.67. The summed E-state index contributed by atoms with van der Waals surface area (Å²) in [6.07, 6.45) is 1.93. The lowest BCUT2D eigenvalue weighted by molar-refractivity contribution is 0.211. The van der Waals surface area contributed by atoms with Crippen molar-refractivity contribution in [2.75, 3.05) is 18.4 Å². The van der Waals surface area contributed by atoms with Crippen LogP contribution in [-0.2, 0) is 7.05 Å². The predicted molar refractivity (Wildman–Crippen MR) is 69.1 cm³/mol. The van der Waals surface area contributed by atoms with Gasteiger partial charge in [-0.2, -0.15) is 5.10 Å². The van der Waals surface area contributed by atoms with Crippen LogP contribution in [0.4, 0.5) is 10.6 Å². The first-order chi connectivity index (χ1) is 8.08. The number of urea groups is 1. The van der Waals surface area contributed by atoms with Crippen molar-refractivity contribution in [1.29, 1.82) is 0 Å². The Morgan fingerprint density at radius 1 is 1.41 bits per heavy atom. The summed E-state index contributed by atoms with van der Waals surface area (Å²) >= 11 is 0. The Morgan fingerprint density at radius 3 is 2.41 bits per heavy atom. The summed E-state index contributed by atoms with van der Waals surface area (Å²) in [6, 6.07) is 1.81. The second-order valence-corrected chi connectivity index (χ2v) is 4.21. The van der Waals surface area contributed by atoms with Crippen LogP contribution >= 0.6 is 0 Å². The molecule has 0 aromatic carbocycles. The maximum absolute atomic E-state index is 12.0. The van der Waals surface area contributed by atoms with E-state index in [-0.39, 0.29) is 6.03 Å². The first-order valence-corrected chi connectivity index (χ1v) is 6.15. The number of hydrogen-bond donors (Lipinski definition) is 1. The number of hydrogen-bond acceptors (Lipinski definition) is 2. The highest BCUT2D eigenvalue weighted by atomic mass is 16.2. The van der Waals surface area contributed by atoms with Crippen molar-refractivity contribution in [1.82, 2.24) is 14.7 Å². The van der Waals surface area contributed by atoms with Gasteiger partial charge < -0.3 is 4.90 Å². The van der Waals surface area contributed by atoms with Gasteiger partial charge in [-0.25, -0.2) is 4.79 Å². The molecular weight excluding hydrogens is 216 g/mol. The molecule has 1 heterocycles. The predicted octanol–water partition coefficient (Wildman–Crippen LogP) is 2.38. The molecule has 0 fully saturated rings. The Balaban J connectivity index is 2.62. The molecule has 0 unspecified atom stereocenters. The molecule has 1 N–H and O–H groups in total. The lowest BCUT2D eigenvalue weighted by Gasteiger charge is -2.21. The summed E-state index contributed by atoms with van der Waals surface area (Å²) in [6.45, 7) is 7.66. The standard InChI is InChI=1S/C12H22N4O/c1-5-7-16(8-6-2)12(17)13-11-9-10(3)15(4)14-11/h9H,5-8H2,1-4H3,(H,13,14,17). The van der Waals surface area contributed by atoms with Crippen LogP contribution in [0.15, 0.2) is 6.07 Å². The smallest absolute Gasteiger partial charge is 0.323 e. The van der Waals surface area contributed by atoms with Gasteiger partial charge in [0, 0.05) is 31.9 Å². The van der Waals surface area contributed by atoms with E-state index in [1.807, 2.05) is 24.9 Å². The highest BCUT2D eigenvalue weighted by molar-refractivity contribution is 5.88. The van der Waals surface area contributed by atoms with Gasteiger partial charge in [0.15, 0.2) is 5.82 Å². The van der Waals surface area contributed by atoms with Crippen LogP contribution in [0.25, 0.3) is 0 Å². The summed E-state index contributed by atoms with van der Waals surface area (Å²) in [4.78, 5) is 13.8. The lowest BCUT2D eigenvalue weighted by atomic mass is 10.4. The number of nitrogens with zero attached hydrogens (tertiary/aromatic N) is 3. The van der Waals surface area contributed by atoms with E-state index in [2.05, 4.69) is 24.3 Å². The van der Waals surface area contributed by atoms with E-state index >= 15 is 0 Å². The Hall–Kier alpha value is -1.52. The molecule has 1 aromatic heterocycles. The van der Waals surface area contributed by atoms with Gasteiger partial charge in [0.25, 0.3) is 0 Å². The van der Waals surface area contributed by atoms with Crippen molar-refractivity contribution in [3.8, 4) is 0 Å². The molecule has 0 bridgehead atoms. The van der Waals surface area contributed by atoms with Crippen LogP contribution < -0.4 is 5.32 Å². The van der Waals surface area contributed by atoms with Gasteiger partial charge in [-0.3, -0.25) is 10.00 Å². The molecule has 1 aromatic rings. The average Bonchev–Trinajstić information content (AvgIpc) is 2.57. The van der Waals surface area contributed by atoms with Crippen LogP contribution in [0.1, 0.15) is 32.4 Å². The summed E-state index contributed by atoms with van der Waals surface area (Å²) in [5.41, 5.74) is 1.03. The summed E-state index contributed by atoms with van der Waals surface area (Å²) in [5.74, 6) is 0.618. The summed E-state index contributed by atoms with van der Waals surface area (Å²) in [7, 11) is 1.86. The first-order valence-electron chi connectivity index (χ1n) is 6.15. The third kappa shape index (κ3) is 3.76. The van der Waals surface area contributed by atoms with Crippen molar-refractivity contribution in [3.05, 3.63) is 11.8 Å². The highest BCUT2D eigenvalue weighted by Crippen LogP contribution is 2.08. The fourth-order valence-corrected chi connectivity index (χ4v) is 1.67. The largest absolute Gasteiger partial charge is 0.325 e. The topological polar surface area (TPSA) is 50.2 Å². The van der Waals surface area contributed by atoms with Gasteiger partial charge in [-0.05, 0) is 19.8 Å². The molecule has 0 radical (unpaired) electrons. The average molecular weight is 238 g/mol. The summed E-state index contributed by atoms with van der Waals surface area (Å²) in [5, 5.41) is 7.04. The van der Waals surface area contributed by atoms with Crippen LogP contribution in [0.3, 0.4) is 0 Å². The number of rotatable bonds is 5. The molecule has 0 spiro atoms. The number of anilines is 1. The molecular formula is C12H22N4O. The molecule has 17 heavy (non-hydrogen) atoms. The van der Waals surface area contributed by atoms with Crippen LogP contribution in [0.5, 0.6) is 0 Å². The van der Waals surface area contributed by atoms with Crippen molar-refractivity contribution < 1.29 is 4.79 Å². The second-order valence-electron chi connectivity index (χ2n) is 4.21. The zero-order valence-electron chi connectivity index (χ0n) is 11.2. The van der Waals surface area contributed by atoms with Gasteiger partial charge in [0.2, 0.25) is 0 Å². The van der Waals surface area contributed by atoms with Crippen molar-refractivity contribution in [2.24, 2.45) is 7.05 Å². The van der Waals surface area contributed by atoms with Gasteiger partial charge in [0.1, 0.15) is 0 Å². The maximum atomic E-state index is 12.0. The Labute approximate surface area is 103 Å². The monoisotopic (exact) mass is 238 g/mol. The molecule has 0 aliphatic carbocycles. The molecule has 0 aliphatic heterocycles. The van der Waals surface area contributed by atoms with E-state index in [4.69, 9.17) is 0 Å². The molecule has 0 saturated heterocycles. The van der Waals surface area contributed by atoms with E-state index < -0.39 is 0 Å². The third-order valence-corrected chi connectivity index (χ3v) is 2.62. The van der Waals surface area contributed by atoms with E-state index in [9.17, 15) is 4.79 Å². The molecule has 1 rings (SSSR count). The third-order valence-electron chi connectivity index (χ3n) is 2.62. The van der Waals surface area contributed by atoms with Gasteiger partial charge in [-0.1, -0.05) is 13.8 Å². The number of aromatic nitrogens is 2. The van der Waals surface area contributed by atoms with Crippen LogP contribution in [0.2, 0.25) is 0 Å². The van der Waals surface area contributed by atoms with Crippen LogP contribution in [-0.4, -0.2) is 33.8 Å². The molecule has 5 heteroatoms. The number of aryl methyl sites for hydroxylation is 2. The van der Waals surface area contributed by atoms with Gasteiger partial charge >= 0.3 is 6.03 Å². The van der Waals surface area contributed by atoms with Crippen molar-refractivity contribution in [3.63, 3.8) is 0 Å². The molecule has 0 atom stereocenters. The summed E-state index contributed by atoms with van der Waals surface area (Å²) < 4.78 is 1.75. The van der Waals surface area contributed by atoms with Gasteiger partial charge in [-0.15, -0.1) is 0 Å². The first kappa shape index (κ1) is 13.5. The normalized spacial score (nSPS) is 10.4. The van der Waals surface area contributed by atoms with E-state index in [1.165, 1.54) is 0 Å². The number of carbonyl (C=O) groups is 1. The lowest BCUT2D eigenvalue weighted by Crippen LogP contribution is -2.36. The zero-order valence-corrected chi connectivity index (χ0v) is 11.2. The Kier molecular flexibility index (Phi) is 5.00. The minimum absolute atomic E-state index is 0.0631. The number of carbonyl (C=O) groups excluding carboxylic acids is 1. The minimum atomic E-state index is -0.0631. The Bertz CT molecular complexity index is 347. The fraction of sp³-hybridized carbons (Fsp3) is 0.667.